The molecule has 0 aliphatic carbocycles. The monoisotopic (exact) mass is 740 g/mol. The summed E-state index contributed by atoms with van der Waals surface area (Å²) in [5.41, 5.74) is 9.97. The predicted octanol–water partition coefficient (Wildman–Crippen LogP) is 13.8. The molecule has 0 aliphatic rings. The quantitative estimate of drug-likeness (QED) is 0.176. The molecule has 3 aromatic heterocycles. The zero-order chi connectivity index (χ0) is 38.2. The minimum atomic E-state index is 0.594. The van der Waals surface area contributed by atoms with Crippen molar-refractivity contribution in [3.8, 4) is 51.0 Å². The SMILES string of the molecule is c1ccc(-c2nc(-c3cccc(-c4ccccc4-n4c5cc6ccccc6cc5c5c6ccccc6ccc54)c3)nc(-c3cccc4oc5ccccc5c34)n2)cc1. The van der Waals surface area contributed by atoms with Crippen LogP contribution in [0.2, 0.25) is 0 Å². The second kappa shape index (κ2) is 12.8. The highest BCUT2D eigenvalue weighted by Crippen LogP contribution is 2.42. The van der Waals surface area contributed by atoms with E-state index in [-0.39, 0.29) is 0 Å². The summed E-state index contributed by atoms with van der Waals surface area (Å²) in [6.07, 6.45) is 0. The third-order valence-corrected chi connectivity index (χ3v) is 11.4. The van der Waals surface area contributed by atoms with Crippen molar-refractivity contribution in [1.82, 2.24) is 19.5 Å². The van der Waals surface area contributed by atoms with Gasteiger partial charge in [0.05, 0.1) is 16.7 Å². The molecule has 0 amide bonds. The lowest BCUT2D eigenvalue weighted by atomic mass is 10.0. The van der Waals surface area contributed by atoms with E-state index in [1.807, 2.05) is 60.7 Å². The van der Waals surface area contributed by atoms with Crippen molar-refractivity contribution in [2.24, 2.45) is 0 Å². The van der Waals surface area contributed by atoms with Crippen LogP contribution in [0.1, 0.15) is 0 Å². The Kier molecular flexibility index (Phi) is 7.16. The molecule has 3 heterocycles. The van der Waals surface area contributed by atoms with Gasteiger partial charge in [-0.15, -0.1) is 0 Å². The highest BCUT2D eigenvalue weighted by atomic mass is 16.3. The molecule has 0 spiro atoms. The Morgan fingerprint density at radius 1 is 0.345 bits per heavy atom. The van der Waals surface area contributed by atoms with Crippen LogP contribution in [0.5, 0.6) is 0 Å². The largest absolute Gasteiger partial charge is 0.456 e. The molecule has 0 saturated carbocycles. The Morgan fingerprint density at radius 3 is 1.84 bits per heavy atom. The average Bonchev–Trinajstić information content (AvgIpc) is 3.84. The molecule has 0 unspecified atom stereocenters. The molecular formula is C53H32N4O. The Hall–Kier alpha value is -7.89. The Morgan fingerprint density at radius 2 is 0.966 bits per heavy atom. The maximum absolute atomic E-state index is 6.27. The molecule has 0 fully saturated rings. The second-order valence-electron chi connectivity index (χ2n) is 14.8. The van der Waals surface area contributed by atoms with Crippen molar-refractivity contribution < 1.29 is 4.42 Å². The van der Waals surface area contributed by atoms with E-state index in [0.29, 0.717) is 17.5 Å². The number of furan rings is 1. The maximum Gasteiger partial charge on any atom is 0.164 e. The van der Waals surface area contributed by atoms with Gasteiger partial charge in [-0.05, 0) is 69.6 Å². The van der Waals surface area contributed by atoms with Gasteiger partial charge in [-0.2, -0.15) is 0 Å². The molecule has 5 heteroatoms. The fourth-order valence-corrected chi connectivity index (χ4v) is 8.77. The van der Waals surface area contributed by atoms with Gasteiger partial charge in [0.15, 0.2) is 17.5 Å². The number of aromatic nitrogens is 4. The number of hydrogen-bond acceptors (Lipinski definition) is 4. The van der Waals surface area contributed by atoms with Gasteiger partial charge in [-0.3, -0.25) is 0 Å². The number of fused-ring (bicyclic) bond motifs is 9. The minimum Gasteiger partial charge on any atom is -0.456 e. The van der Waals surface area contributed by atoms with Gasteiger partial charge in [0.25, 0.3) is 0 Å². The summed E-state index contributed by atoms with van der Waals surface area (Å²) < 4.78 is 8.71. The van der Waals surface area contributed by atoms with E-state index in [2.05, 4.69) is 138 Å². The summed E-state index contributed by atoms with van der Waals surface area (Å²) in [7, 11) is 0. The first-order valence-corrected chi connectivity index (χ1v) is 19.5. The van der Waals surface area contributed by atoms with Crippen LogP contribution in [0.25, 0.3) is 116 Å². The van der Waals surface area contributed by atoms with E-state index in [9.17, 15) is 0 Å². The predicted molar refractivity (Wildman–Crippen MR) is 238 cm³/mol. The van der Waals surface area contributed by atoms with Crippen molar-refractivity contribution in [1.29, 1.82) is 0 Å². The fourth-order valence-electron chi connectivity index (χ4n) is 8.77. The van der Waals surface area contributed by atoms with Crippen LogP contribution in [0.15, 0.2) is 199 Å². The van der Waals surface area contributed by atoms with Crippen LogP contribution < -0.4 is 0 Å². The first kappa shape index (κ1) is 32.4. The van der Waals surface area contributed by atoms with E-state index in [1.165, 1.54) is 43.4 Å². The molecule has 5 nitrogen and oxygen atoms in total. The van der Waals surface area contributed by atoms with E-state index < -0.39 is 0 Å². The average molecular weight is 741 g/mol. The van der Waals surface area contributed by atoms with Crippen molar-refractivity contribution in [3.05, 3.63) is 194 Å². The highest BCUT2D eigenvalue weighted by molar-refractivity contribution is 6.23. The van der Waals surface area contributed by atoms with Crippen molar-refractivity contribution in [2.75, 3.05) is 0 Å². The maximum atomic E-state index is 6.27. The van der Waals surface area contributed by atoms with Gasteiger partial charge in [0.2, 0.25) is 0 Å². The lowest BCUT2D eigenvalue weighted by Gasteiger charge is -2.15. The fraction of sp³-hybridized carbons (Fsp3) is 0. The molecule has 12 rings (SSSR count). The van der Waals surface area contributed by atoms with Crippen molar-refractivity contribution in [3.63, 3.8) is 0 Å². The zero-order valence-corrected chi connectivity index (χ0v) is 31.2. The molecule has 0 radical (unpaired) electrons. The topological polar surface area (TPSA) is 56.7 Å². The first-order chi connectivity index (χ1) is 28.7. The molecule has 0 atom stereocenters. The third kappa shape index (κ3) is 5.07. The summed E-state index contributed by atoms with van der Waals surface area (Å²) in [5, 5.41) is 9.43. The van der Waals surface area contributed by atoms with Gasteiger partial charge in [-0.25, -0.2) is 15.0 Å². The van der Waals surface area contributed by atoms with Gasteiger partial charge in [-0.1, -0.05) is 152 Å². The van der Waals surface area contributed by atoms with E-state index in [4.69, 9.17) is 19.4 Å². The number of rotatable bonds is 5. The minimum absolute atomic E-state index is 0.594. The summed E-state index contributed by atoms with van der Waals surface area (Å²) in [6.45, 7) is 0. The Bertz CT molecular complexity index is 3580. The normalized spacial score (nSPS) is 11.8. The Balaban J connectivity index is 1.07. The number of nitrogens with zero attached hydrogens (tertiary/aromatic N) is 4. The van der Waals surface area contributed by atoms with Gasteiger partial charge >= 0.3 is 0 Å². The molecule has 12 aromatic rings. The smallest absolute Gasteiger partial charge is 0.164 e. The first-order valence-electron chi connectivity index (χ1n) is 19.5. The molecule has 0 N–H and O–H groups in total. The van der Waals surface area contributed by atoms with E-state index in [0.717, 1.165) is 55.4 Å². The summed E-state index contributed by atoms with van der Waals surface area (Å²) >= 11 is 0. The molecular weight excluding hydrogens is 709 g/mol. The van der Waals surface area contributed by atoms with E-state index in [1.54, 1.807) is 0 Å². The Labute approximate surface area is 333 Å². The molecule has 9 aromatic carbocycles. The van der Waals surface area contributed by atoms with Crippen molar-refractivity contribution >= 4 is 65.3 Å². The van der Waals surface area contributed by atoms with Gasteiger partial charge in [0.1, 0.15) is 11.2 Å². The van der Waals surface area contributed by atoms with Crippen molar-refractivity contribution in [2.45, 2.75) is 0 Å². The molecule has 58 heavy (non-hydrogen) atoms. The summed E-state index contributed by atoms with van der Waals surface area (Å²) in [4.78, 5) is 15.4. The molecule has 270 valence electrons. The number of hydrogen-bond donors (Lipinski definition) is 0. The number of benzene rings is 9. The lowest BCUT2D eigenvalue weighted by molar-refractivity contribution is 0.669. The second-order valence-corrected chi connectivity index (χ2v) is 14.8. The molecule has 0 saturated heterocycles. The van der Waals surface area contributed by atoms with Crippen LogP contribution in [-0.2, 0) is 0 Å². The van der Waals surface area contributed by atoms with Crippen LogP contribution in [0, 0.1) is 0 Å². The van der Waals surface area contributed by atoms with E-state index >= 15 is 0 Å². The summed E-state index contributed by atoms with van der Waals surface area (Å²) in [5.74, 6) is 1.81. The van der Waals surface area contributed by atoms with Gasteiger partial charge < -0.3 is 8.98 Å². The third-order valence-electron chi connectivity index (χ3n) is 11.4. The number of para-hydroxylation sites is 2. The van der Waals surface area contributed by atoms with Crippen LogP contribution in [-0.4, -0.2) is 19.5 Å². The molecule has 0 bridgehead atoms. The molecule has 0 aliphatic heterocycles. The standard InChI is InChI=1S/C53H32N4O/c1-2-15-34(16-3-1)51-54-52(56-53(55-51)42-24-13-27-48-50(42)41-23-9-11-26-47(41)58-48)38-20-12-19-37(30-38)39-21-8-10-25-44(39)57-45-29-28-33-14-6-7-22-40(33)49(45)43-31-35-17-4-5-18-36(35)32-46(43)57/h1-32H. The van der Waals surface area contributed by atoms with Crippen LogP contribution in [0.4, 0.5) is 0 Å². The zero-order valence-electron chi connectivity index (χ0n) is 31.2. The summed E-state index contributed by atoms with van der Waals surface area (Å²) in [6, 6.07) is 68.1. The van der Waals surface area contributed by atoms with Crippen LogP contribution in [0.3, 0.4) is 0 Å². The van der Waals surface area contributed by atoms with Crippen LogP contribution >= 0.6 is 0 Å². The van der Waals surface area contributed by atoms with Gasteiger partial charge in [0, 0.05) is 43.8 Å². The highest BCUT2D eigenvalue weighted by Gasteiger charge is 2.21. The lowest BCUT2D eigenvalue weighted by Crippen LogP contribution is -2.01.